The Morgan fingerprint density at radius 2 is 2.00 bits per heavy atom. The van der Waals surface area contributed by atoms with Crippen molar-refractivity contribution in [2.24, 2.45) is 7.05 Å². The first-order chi connectivity index (χ1) is 9.24. The van der Waals surface area contributed by atoms with Crippen molar-refractivity contribution >= 4 is 0 Å². The Kier molecular flexibility index (Phi) is 4.58. The first kappa shape index (κ1) is 13.6. The molecule has 1 N–H and O–H groups in total. The van der Waals surface area contributed by atoms with Gasteiger partial charge < -0.3 is 10.1 Å². The van der Waals surface area contributed by atoms with Crippen LogP contribution in [0.15, 0.2) is 36.5 Å². The molecular weight excluding hydrogens is 238 g/mol. The molecule has 0 bridgehead atoms. The molecule has 0 saturated carbocycles. The second-order valence-corrected chi connectivity index (χ2v) is 4.60. The van der Waals surface area contributed by atoms with Crippen LogP contribution in [0.25, 0.3) is 0 Å². The third-order valence-electron chi connectivity index (χ3n) is 3.48. The lowest BCUT2D eigenvalue weighted by Gasteiger charge is -2.17. The van der Waals surface area contributed by atoms with Crippen molar-refractivity contribution in [2.45, 2.75) is 18.9 Å². The molecule has 0 aliphatic carbocycles. The molecule has 0 aliphatic rings. The van der Waals surface area contributed by atoms with Gasteiger partial charge >= 0.3 is 0 Å². The largest absolute Gasteiger partial charge is 0.497 e. The lowest BCUT2D eigenvalue weighted by Crippen LogP contribution is -2.17. The topological polar surface area (TPSA) is 39.1 Å². The fourth-order valence-corrected chi connectivity index (χ4v) is 2.25. The highest BCUT2D eigenvalue weighted by molar-refractivity contribution is 5.29. The van der Waals surface area contributed by atoms with E-state index in [-0.39, 0.29) is 0 Å². The quantitative estimate of drug-likeness (QED) is 0.865. The Bertz CT molecular complexity index is 504. The molecule has 1 heterocycles. The van der Waals surface area contributed by atoms with Crippen molar-refractivity contribution in [3.8, 4) is 5.75 Å². The SMILES string of the molecule is CNC(CCc1ccnn1C)c1ccc(OC)cc1. The highest BCUT2D eigenvalue weighted by Gasteiger charge is 2.10. The van der Waals surface area contributed by atoms with Crippen molar-refractivity contribution in [2.75, 3.05) is 14.2 Å². The van der Waals surface area contributed by atoms with Gasteiger partial charge in [0.25, 0.3) is 0 Å². The molecule has 102 valence electrons. The van der Waals surface area contributed by atoms with Crippen molar-refractivity contribution in [3.05, 3.63) is 47.8 Å². The number of nitrogens with zero attached hydrogens (tertiary/aromatic N) is 2. The maximum Gasteiger partial charge on any atom is 0.118 e. The molecule has 0 radical (unpaired) electrons. The van der Waals surface area contributed by atoms with Crippen LogP contribution in [0.4, 0.5) is 0 Å². The zero-order valence-electron chi connectivity index (χ0n) is 11.8. The van der Waals surface area contributed by atoms with Gasteiger partial charge in [0.1, 0.15) is 5.75 Å². The van der Waals surface area contributed by atoms with Crippen LogP contribution < -0.4 is 10.1 Å². The molecule has 19 heavy (non-hydrogen) atoms. The predicted molar refractivity (Wildman–Crippen MR) is 76.3 cm³/mol. The van der Waals surface area contributed by atoms with Crippen LogP contribution in [0.2, 0.25) is 0 Å². The van der Waals surface area contributed by atoms with E-state index in [1.807, 2.05) is 37.1 Å². The summed E-state index contributed by atoms with van der Waals surface area (Å²) in [6.45, 7) is 0. The Hall–Kier alpha value is -1.81. The van der Waals surface area contributed by atoms with E-state index < -0.39 is 0 Å². The number of rotatable bonds is 6. The number of methoxy groups -OCH3 is 1. The Balaban J connectivity index is 2.01. The summed E-state index contributed by atoms with van der Waals surface area (Å²) in [5.41, 5.74) is 2.54. The van der Waals surface area contributed by atoms with Crippen molar-refractivity contribution in [1.29, 1.82) is 0 Å². The van der Waals surface area contributed by atoms with Gasteiger partial charge in [0.15, 0.2) is 0 Å². The summed E-state index contributed by atoms with van der Waals surface area (Å²) in [4.78, 5) is 0. The van der Waals surface area contributed by atoms with Crippen LogP contribution >= 0.6 is 0 Å². The fourth-order valence-electron chi connectivity index (χ4n) is 2.25. The number of aromatic nitrogens is 2. The van der Waals surface area contributed by atoms with Crippen molar-refractivity contribution < 1.29 is 4.74 Å². The average Bonchev–Trinajstić information content (AvgIpc) is 2.86. The van der Waals surface area contributed by atoms with Crippen LogP contribution in [-0.2, 0) is 13.5 Å². The van der Waals surface area contributed by atoms with E-state index >= 15 is 0 Å². The second-order valence-electron chi connectivity index (χ2n) is 4.60. The lowest BCUT2D eigenvalue weighted by molar-refractivity contribution is 0.414. The van der Waals surface area contributed by atoms with E-state index in [0.717, 1.165) is 18.6 Å². The molecule has 0 saturated heterocycles. The van der Waals surface area contributed by atoms with Crippen molar-refractivity contribution in [3.63, 3.8) is 0 Å². The van der Waals surface area contributed by atoms with E-state index in [2.05, 4.69) is 28.6 Å². The zero-order chi connectivity index (χ0) is 13.7. The van der Waals surface area contributed by atoms with Gasteiger partial charge in [0.2, 0.25) is 0 Å². The second kappa shape index (κ2) is 6.38. The van der Waals surface area contributed by atoms with Gasteiger partial charge in [-0.05, 0) is 43.7 Å². The van der Waals surface area contributed by atoms with Crippen LogP contribution in [0.1, 0.15) is 23.7 Å². The van der Waals surface area contributed by atoms with E-state index in [0.29, 0.717) is 6.04 Å². The number of nitrogens with one attached hydrogen (secondary N) is 1. The van der Waals surface area contributed by atoms with E-state index in [4.69, 9.17) is 4.74 Å². The van der Waals surface area contributed by atoms with E-state index in [1.54, 1.807) is 7.11 Å². The van der Waals surface area contributed by atoms with Gasteiger partial charge in [-0.25, -0.2) is 0 Å². The molecule has 1 atom stereocenters. The highest BCUT2D eigenvalue weighted by atomic mass is 16.5. The number of benzene rings is 1. The van der Waals surface area contributed by atoms with Gasteiger partial charge in [-0.15, -0.1) is 0 Å². The molecule has 1 unspecified atom stereocenters. The Labute approximate surface area is 114 Å². The highest BCUT2D eigenvalue weighted by Crippen LogP contribution is 2.21. The van der Waals surface area contributed by atoms with Crippen molar-refractivity contribution in [1.82, 2.24) is 15.1 Å². The predicted octanol–water partition coefficient (Wildman–Crippen LogP) is 2.32. The summed E-state index contributed by atoms with van der Waals surface area (Å²) >= 11 is 0. The maximum absolute atomic E-state index is 5.19. The average molecular weight is 259 g/mol. The van der Waals surface area contributed by atoms with Gasteiger partial charge in [0, 0.05) is 25.0 Å². The molecule has 4 heteroatoms. The van der Waals surface area contributed by atoms with Crippen LogP contribution in [0.5, 0.6) is 5.75 Å². The van der Waals surface area contributed by atoms with E-state index in [1.165, 1.54) is 11.3 Å². The lowest BCUT2D eigenvalue weighted by atomic mass is 10.0. The Morgan fingerprint density at radius 3 is 2.53 bits per heavy atom. The molecule has 0 amide bonds. The minimum absolute atomic E-state index is 0.348. The molecular formula is C15H21N3O. The third-order valence-corrected chi connectivity index (χ3v) is 3.48. The zero-order valence-corrected chi connectivity index (χ0v) is 11.8. The van der Waals surface area contributed by atoms with E-state index in [9.17, 15) is 0 Å². The fraction of sp³-hybridized carbons (Fsp3) is 0.400. The number of hydrogen-bond acceptors (Lipinski definition) is 3. The van der Waals surface area contributed by atoms with Gasteiger partial charge in [-0.1, -0.05) is 12.1 Å². The molecule has 0 aliphatic heterocycles. The van der Waals surface area contributed by atoms with Crippen LogP contribution in [0.3, 0.4) is 0 Å². The maximum atomic E-state index is 5.19. The summed E-state index contributed by atoms with van der Waals surface area (Å²) in [5.74, 6) is 0.894. The molecule has 4 nitrogen and oxygen atoms in total. The molecule has 0 fully saturated rings. The standard InChI is InChI=1S/C15H21N3O/c1-16-15(9-6-13-10-11-17-18(13)2)12-4-7-14(19-3)8-5-12/h4-5,7-8,10-11,15-16H,6,9H2,1-3H3. The Morgan fingerprint density at radius 1 is 1.26 bits per heavy atom. The first-order valence-electron chi connectivity index (χ1n) is 6.52. The number of aryl methyl sites for hydroxylation is 2. The monoisotopic (exact) mass is 259 g/mol. The smallest absolute Gasteiger partial charge is 0.118 e. The van der Waals surface area contributed by atoms with Crippen LogP contribution in [-0.4, -0.2) is 23.9 Å². The third kappa shape index (κ3) is 3.35. The summed E-state index contributed by atoms with van der Waals surface area (Å²) < 4.78 is 7.12. The number of hydrogen-bond donors (Lipinski definition) is 1. The minimum Gasteiger partial charge on any atom is -0.497 e. The number of ether oxygens (including phenoxy) is 1. The first-order valence-corrected chi connectivity index (χ1v) is 6.52. The normalized spacial score (nSPS) is 12.4. The minimum atomic E-state index is 0.348. The summed E-state index contributed by atoms with van der Waals surface area (Å²) in [7, 11) is 5.67. The molecule has 1 aromatic heterocycles. The molecule has 2 aromatic rings. The summed E-state index contributed by atoms with van der Waals surface area (Å²) in [6.07, 6.45) is 3.90. The van der Waals surface area contributed by atoms with Gasteiger partial charge in [-0.3, -0.25) is 4.68 Å². The van der Waals surface area contributed by atoms with Gasteiger partial charge in [-0.2, -0.15) is 5.10 Å². The van der Waals surface area contributed by atoms with Crippen LogP contribution in [0, 0.1) is 0 Å². The van der Waals surface area contributed by atoms with Gasteiger partial charge in [0.05, 0.1) is 7.11 Å². The summed E-state index contributed by atoms with van der Waals surface area (Å²) in [5, 5.41) is 7.56. The molecule has 1 aromatic carbocycles. The summed E-state index contributed by atoms with van der Waals surface area (Å²) in [6, 6.07) is 10.7. The molecule has 0 spiro atoms. The molecule has 2 rings (SSSR count).